The molecule has 5 heteroatoms. The average Bonchev–Trinajstić information content (AvgIpc) is 2.05. The van der Waals surface area contributed by atoms with Gasteiger partial charge in [0.25, 0.3) is 5.97 Å². The molecule has 0 saturated carbocycles. The van der Waals surface area contributed by atoms with E-state index in [0.29, 0.717) is 0 Å². The van der Waals surface area contributed by atoms with Crippen LogP contribution < -0.4 is 11.5 Å². The smallest absolute Gasteiger partial charge is 0.300 e. The molecule has 0 bridgehead atoms. The molecular weight excluding hydrogens is 182 g/mol. The summed E-state index contributed by atoms with van der Waals surface area (Å²) in [6.45, 7) is 1.08. The van der Waals surface area contributed by atoms with Crippen molar-refractivity contribution in [3.05, 3.63) is 36.4 Å². The second-order valence-corrected chi connectivity index (χ2v) is 2.13. The number of nitrogens with two attached hydrogens (primary N) is 2. The zero-order chi connectivity index (χ0) is 11.4. The predicted molar refractivity (Wildman–Crippen MR) is 55.9 cm³/mol. The van der Waals surface area contributed by atoms with Crippen LogP contribution in [-0.2, 0) is 4.79 Å². The summed E-state index contributed by atoms with van der Waals surface area (Å²) in [5.74, 6) is -1.17. The minimum absolute atomic E-state index is 0.333. The van der Waals surface area contributed by atoms with E-state index in [2.05, 4.69) is 11.5 Å². The SMILES string of the molecule is CC(=O)O.N=C(N)N.c1ccccc1. The van der Waals surface area contributed by atoms with E-state index in [4.69, 9.17) is 15.3 Å². The summed E-state index contributed by atoms with van der Waals surface area (Å²) >= 11 is 0. The first-order chi connectivity index (χ1) is 6.46. The van der Waals surface area contributed by atoms with Crippen LogP contribution in [0.2, 0.25) is 0 Å². The first kappa shape index (κ1) is 14.5. The Hall–Kier alpha value is -2.04. The van der Waals surface area contributed by atoms with Gasteiger partial charge in [0.05, 0.1) is 0 Å². The van der Waals surface area contributed by atoms with Crippen molar-refractivity contribution in [1.29, 1.82) is 5.41 Å². The van der Waals surface area contributed by atoms with E-state index in [9.17, 15) is 0 Å². The molecule has 0 spiro atoms. The van der Waals surface area contributed by atoms with E-state index in [1.54, 1.807) is 0 Å². The summed E-state index contributed by atoms with van der Waals surface area (Å²) in [4.78, 5) is 9.00. The number of rotatable bonds is 0. The molecule has 1 aromatic carbocycles. The maximum Gasteiger partial charge on any atom is 0.300 e. The molecule has 0 fully saturated rings. The van der Waals surface area contributed by atoms with Gasteiger partial charge in [0.1, 0.15) is 0 Å². The average molecular weight is 197 g/mol. The number of benzene rings is 1. The number of carbonyl (C=O) groups is 1. The minimum Gasteiger partial charge on any atom is -0.481 e. The maximum atomic E-state index is 9.00. The van der Waals surface area contributed by atoms with Crippen molar-refractivity contribution in [3.63, 3.8) is 0 Å². The predicted octanol–water partition coefficient (Wildman–Crippen LogP) is 0.616. The maximum absolute atomic E-state index is 9.00. The fraction of sp³-hybridized carbons (Fsp3) is 0.111. The van der Waals surface area contributed by atoms with Gasteiger partial charge < -0.3 is 16.6 Å². The lowest BCUT2D eigenvalue weighted by molar-refractivity contribution is -0.134. The van der Waals surface area contributed by atoms with Gasteiger partial charge in [-0.25, -0.2) is 0 Å². The second-order valence-electron chi connectivity index (χ2n) is 2.13. The molecule has 0 aromatic heterocycles. The van der Waals surface area contributed by atoms with Crippen LogP contribution >= 0.6 is 0 Å². The van der Waals surface area contributed by atoms with Gasteiger partial charge in [-0.15, -0.1) is 0 Å². The van der Waals surface area contributed by atoms with Gasteiger partial charge in [0.15, 0.2) is 5.96 Å². The van der Waals surface area contributed by atoms with Gasteiger partial charge in [-0.2, -0.15) is 0 Å². The molecule has 0 unspecified atom stereocenters. The summed E-state index contributed by atoms with van der Waals surface area (Å²) in [7, 11) is 0. The Morgan fingerprint density at radius 2 is 1.14 bits per heavy atom. The molecule has 6 N–H and O–H groups in total. The van der Waals surface area contributed by atoms with Gasteiger partial charge in [0.2, 0.25) is 0 Å². The number of hydrogen-bond acceptors (Lipinski definition) is 2. The highest BCUT2D eigenvalue weighted by Crippen LogP contribution is 1.79. The van der Waals surface area contributed by atoms with E-state index in [-0.39, 0.29) is 5.96 Å². The van der Waals surface area contributed by atoms with Crippen molar-refractivity contribution < 1.29 is 9.90 Å². The number of hydrogen-bond donors (Lipinski definition) is 4. The fourth-order valence-electron chi connectivity index (χ4n) is 0.385. The van der Waals surface area contributed by atoms with E-state index in [0.717, 1.165) is 6.92 Å². The third-order valence-corrected chi connectivity index (χ3v) is 0.667. The van der Waals surface area contributed by atoms with Crippen LogP contribution in [0.4, 0.5) is 0 Å². The lowest BCUT2D eigenvalue weighted by Crippen LogP contribution is -2.20. The number of aliphatic carboxylic acids is 1. The Balaban J connectivity index is 0. The molecule has 1 rings (SSSR count). The van der Waals surface area contributed by atoms with Crippen molar-refractivity contribution in [3.8, 4) is 0 Å². The summed E-state index contributed by atoms with van der Waals surface area (Å²) in [5.41, 5.74) is 8.94. The monoisotopic (exact) mass is 197 g/mol. The third kappa shape index (κ3) is 51.0. The van der Waals surface area contributed by atoms with Crippen LogP contribution in [0.15, 0.2) is 36.4 Å². The van der Waals surface area contributed by atoms with Crippen LogP contribution in [0, 0.1) is 5.41 Å². The number of carboxylic acid groups (broad SMARTS) is 1. The molecule has 0 aliphatic rings. The van der Waals surface area contributed by atoms with Crippen LogP contribution in [-0.4, -0.2) is 17.0 Å². The zero-order valence-corrected chi connectivity index (χ0v) is 7.97. The van der Waals surface area contributed by atoms with Crippen LogP contribution in [0.25, 0.3) is 0 Å². The Kier molecular flexibility index (Phi) is 11.3. The molecule has 0 atom stereocenters. The number of nitrogens with one attached hydrogen (secondary N) is 1. The van der Waals surface area contributed by atoms with Gasteiger partial charge in [0, 0.05) is 6.92 Å². The molecule has 78 valence electrons. The number of guanidine groups is 1. The topological polar surface area (TPSA) is 113 Å². The summed E-state index contributed by atoms with van der Waals surface area (Å²) in [6, 6.07) is 12.0. The van der Waals surface area contributed by atoms with E-state index in [1.807, 2.05) is 36.4 Å². The highest BCUT2D eigenvalue weighted by molar-refractivity contribution is 5.71. The molecule has 0 heterocycles. The van der Waals surface area contributed by atoms with Crippen molar-refractivity contribution in [2.24, 2.45) is 11.5 Å². The quantitative estimate of drug-likeness (QED) is 0.360. The highest BCUT2D eigenvalue weighted by atomic mass is 16.4. The Morgan fingerprint density at radius 1 is 1.07 bits per heavy atom. The van der Waals surface area contributed by atoms with E-state index >= 15 is 0 Å². The molecule has 0 radical (unpaired) electrons. The molecule has 0 aliphatic heterocycles. The molecular formula is C9H15N3O2. The normalized spacial score (nSPS) is 6.93. The van der Waals surface area contributed by atoms with Crippen molar-refractivity contribution >= 4 is 11.9 Å². The Morgan fingerprint density at radius 3 is 1.21 bits per heavy atom. The Labute approximate surface area is 82.9 Å². The third-order valence-electron chi connectivity index (χ3n) is 0.667. The van der Waals surface area contributed by atoms with Crippen molar-refractivity contribution in [2.75, 3.05) is 0 Å². The van der Waals surface area contributed by atoms with Crippen LogP contribution in [0.1, 0.15) is 6.92 Å². The largest absolute Gasteiger partial charge is 0.481 e. The lowest BCUT2D eigenvalue weighted by Gasteiger charge is -1.69. The van der Waals surface area contributed by atoms with Crippen LogP contribution in [0.5, 0.6) is 0 Å². The molecule has 0 aliphatic carbocycles. The van der Waals surface area contributed by atoms with Gasteiger partial charge >= 0.3 is 0 Å². The minimum atomic E-state index is -0.833. The van der Waals surface area contributed by atoms with Crippen molar-refractivity contribution in [1.82, 2.24) is 0 Å². The molecule has 5 nitrogen and oxygen atoms in total. The van der Waals surface area contributed by atoms with E-state index in [1.165, 1.54) is 0 Å². The second kappa shape index (κ2) is 11.0. The van der Waals surface area contributed by atoms with E-state index < -0.39 is 5.97 Å². The van der Waals surface area contributed by atoms with Gasteiger partial charge in [-0.05, 0) is 0 Å². The summed E-state index contributed by atoms with van der Waals surface area (Å²) in [5, 5.41) is 13.5. The molecule has 14 heavy (non-hydrogen) atoms. The van der Waals surface area contributed by atoms with Gasteiger partial charge in [-0.3, -0.25) is 10.2 Å². The standard InChI is InChI=1S/C6H6.C2H4O2.CH5N3/c1-2-4-6-5-3-1;1-2(3)4;2-1(3)4/h1-6H;1H3,(H,3,4);(H5,2,3,4). The number of carboxylic acids is 1. The molecule has 0 saturated heterocycles. The highest BCUT2D eigenvalue weighted by Gasteiger charge is 1.65. The summed E-state index contributed by atoms with van der Waals surface area (Å²) in [6.07, 6.45) is 0. The van der Waals surface area contributed by atoms with Crippen molar-refractivity contribution in [2.45, 2.75) is 6.92 Å². The molecule has 0 amide bonds. The first-order valence-corrected chi connectivity index (χ1v) is 3.76. The van der Waals surface area contributed by atoms with Crippen LogP contribution in [0.3, 0.4) is 0 Å². The van der Waals surface area contributed by atoms with Gasteiger partial charge in [-0.1, -0.05) is 36.4 Å². The Bertz CT molecular complexity index is 203. The zero-order valence-electron chi connectivity index (χ0n) is 7.97. The fourth-order valence-corrected chi connectivity index (χ4v) is 0.385. The first-order valence-electron chi connectivity index (χ1n) is 3.76. The lowest BCUT2D eigenvalue weighted by atomic mass is 10.4. The molecule has 1 aromatic rings. The summed E-state index contributed by atoms with van der Waals surface area (Å²) < 4.78 is 0.